The number of hydrogen-bond donors (Lipinski definition) is 0. The van der Waals surface area contributed by atoms with E-state index >= 15 is 0 Å². The molecule has 0 saturated heterocycles. The molecule has 24 heavy (non-hydrogen) atoms. The fourth-order valence-electron chi connectivity index (χ4n) is 2.25. The first-order chi connectivity index (χ1) is 11.5. The Labute approximate surface area is 133 Å². The summed E-state index contributed by atoms with van der Waals surface area (Å²) in [6, 6.07) is 6.26. The van der Waals surface area contributed by atoms with Gasteiger partial charge in [0.25, 0.3) is 0 Å². The second kappa shape index (κ2) is 6.08. The van der Waals surface area contributed by atoms with Gasteiger partial charge in [0.2, 0.25) is 0 Å². The fraction of sp³-hybridized carbons (Fsp3) is 0. The molecule has 0 radical (unpaired) electrons. The number of hydrogen-bond acceptors (Lipinski definition) is 3. The topological polar surface area (TPSA) is 49.6 Å². The molecular weight excluding hydrogens is 322 g/mol. The maximum absolute atomic E-state index is 14.3. The molecule has 2 aromatic carbocycles. The molecule has 0 fully saturated rings. The van der Waals surface area contributed by atoms with Crippen LogP contribution >= 0.6 is 0 Å². The van der Waals surface area contributed by atoms with Crippen molar-refractivity contribution in [2.24, 2.45) is 0 Å². The minimum absolute atomic E-state index is 0.0870. The second-order valence-corrected chi connectivity index (χ2v) is 4.81. The van der Waals surface area contributed by atoms with Crippen molar-refractivity contribution < 1.29 is 17.6 Å². The Hall–Kier alpha value is -3.27. The molecule has 0 unspecified atom stereocenters. The van der Waals surface area contributed by atoms with Gasteiger partial charge in [-0.1, -0.05) is 0 Å². The number of rotatable bonds is 2. The molecule has 0 aliphatic rings. The van der Waals surface area contributed by atoms with Crippen LogP contribution in [0, 0.1) is 34.6 Å². The van der Waals surface area contributed by atoms with E-state index in [0.717, 1.165) is 12.1 Å². The Bertz CT molecular complexity index is 919. The second-order valence-electron chi connectivity index (χ2n) is 4.81. The normalized spacial score (nSPS) is 10.5. The van der Waals surface area contributed by atoms with Crippen molar-refractivity contribution in [3.8, 4) is 28.6 Å². The van der Waals surface area contributed by atoms with Crippen LogP contribution in [-0.4, -0.2) is 9.97 Å². The average molecular weight is 329 g/mol. The molecule has 0 saturated carbocycles. The van der Waals surface area contributed by atoms with Gasteiger partial charge in [-0.3, -0.25) is 0 Å². The summed E-state index contributed by atoms with van der Waals surface area (Å²) in [6.07, 6.45) is 2.83. The first-order valence-electron chi connectivity index (χ1n) is 6.67. The van der Waals surface area contributed by atoms with E-state index in [1.807, 2.05) is 0 Å². The number of aromatic nitrogens is 2. The number of halogens is 4. The predicted octanol–water partition coefficient (Wildman–Crippen LogP) is 4.24. The highest BCUT2D eigenvalue weighted by atomic mass is 19.1. The molecule has 0 atom stereocenters. The van der Waals surface area contributed by atoms with E-state index in [-0.39, 0.29) is 17.0 Å². The van der Waals surface area contributed by atoms with Crippen LogP contribution in [0.4, 0.5) is 17.6 Å². The molecule has 0 aliphatic heterocycles. The molecular formula is C17H7F4N3. The molecule has 0 bridgehead atoms. The van der Waals surface area contributed by atoms with Crippen LogP contribution < -0.4 is 0 Å². The lowest BCUT2D eigenvalue weighted by molar-refractivity contribution is 0.573. The molecule has 3 aromatic rings. The van der Waals surface area contributed by atoms with Gasteiger partial charge in [-0.15, -0.1) is 0 Å². The zero-order valence-electron chi connectivity index (χ0n) is 11.9. The third-order valence-electron chi connectivity index (χ3n) is 3.31. The summed E-state index contributed by atoms with van der Waals surface area (Å²) >= 11 is 0. The van der Waals surface area contributed by atoms with Crippen LogP contribution in [0.3, 0.4) is 0 Å². The summed E-state index contributed by atoms with van der Waals surface area (Å²) in [4.78, 5) is 7.77. The number of nitriles is 1. The fourth-order valence-corrected chi connectivity index (χ4v) is 2.25. The zero-order valence-corrected chi connectivity index (χ0v) is 11.9. The van der Waals surface area contributed by atoms with Gasteiger partial charge in [-0.25, -0.2) is 27.5 Å². The number of benzene rings is 2. The molecule has 7 heteroatoms. The Morgan fingerprint density at radius 3 is 1.75 bits per heavy atom. The van der Waals surface area contributed by atoms with E-state index in [4.69, 9.17) is 5.26 Å². The van der Waals surface area contributed by atoms with E-state index in [1.165, 1.54) is 18.5 Å². The van der Waals surface area contributed by atoms with Crippen molar-refractivity contribution in [1.82, 2.24) is 9.97 Å². The van der Waals surface area contributed by atoms with Gasteiger partial charge >= 0.3 is 0 Å². The van der Waals surface area contributed by atoms with Crippen molar-refractivity contribution in [3.05, 3.63) is 71.6 Å². The molecule has 0 N–H and O–H groups in total. The van der Waals surface area contributed by atoms with E-state index in [2.05, 4.69) is 9.97 Å². The van der Waals surface area contributed by atoms with Crippen LogP contribution in [0.2, 0.25) is 0 Å². The van der Waals surface area contributed by atoms with E-state index < -0.39 is 34.4 Å². The molecule has 1 aromatic heterocycles. The maximum Gasteiger partial charge on any atom is 0.159 e. The van der Waals surface area contributed by atoms with Crippen molar-refractivity contribution in [2.75, 3.05) is 0 Å². The standard InChI is InChI=1S/C17H7F4N3/c18-12-4-9(5-13(19)11(12)8-22)16-14(20)6-10(7-15(16)21)17-23-2-1-3-24-17/h1-7H. The van der Waals surface area contributed by atoms with Gasteiger partial charge in [0.05, 0.1) is 5.56 Å². The minimum Gasteiger partial charge on any atom is -0.237 e. The predicted molar refractivity (Wildman–Crippen MR) is 77.5 cm³/mol. The Kier molecular flexibility index (Phi) is 3.96. The SMILES string of the molecule is N#Cc1c(F)cc(-c2c(F)cc(-c3ncccn3)cc2F)cc1F. The van der Waals surface area contributed by atoms with Gasteiger partial charge in [0.1, 0.15) is 34.9 Å². The lowest BCUT2D eigenvalue weighted by Crippen LogP contribution is -1.97. The summed E-state index contributed by atoms with van der Waals surface area (Å²) in [5.41, 5.74) is -1.67. The maximum atomic E-state index is 14.3. The first kappa shape index (κ1) is 15.6. The molecule has 0 amide bonds. The third kappa shape index (κ3) is 2.70. The van der Waals surface area contributed by atoms with Crippen molar-refractivity contribution >= 4 is 0 Å². The highest BCUT2D eigenvalue weighted by molar-refractivity contribution is 5.70. The largest absolute Gasteiger partial charge is 0.237 e. The van der Waals surface area contributed by atoms with Gasteiger partial charge in [-0.05, 0) is 35.9 Å². The molecule has 118 valence electrons. The van der Waals surface area contributed by atoms with Crippen LogP contribution in [0.5, 0.6) is 0 Å². The van der Waals surface area contributed by atoms with Crippen LogP contribution in [0.1, 0.15) is 5.56 Å². The van der Waals surface area contributed by atoms with Crippen LogP contribution in [0.15, 0.2) is 42.7 Å². The summed E-state index contributed by atoms with van der Waals surface area (Å²) < 4.78 is 56.0. The molecule has 0 aliphatic carbocycles. The summed E-state index contributed by atoms with van der Waals surface area (Å²) in [5, 5.41) is 8.64. The molecule has 3 rings (SSSR count). The summed E-state index contributed by atoms with van der Waals surface area (Å²) in [5.74, 6) is -4.33. The highest BCUT2D eigenvalue weighted by Crippen LogP contribution is 2.31. The molecule has 1 heterocycles. The van der Waals surface area contributed by atoms with Crippen molar-refractivity contribution in [3.63, 3.8) is 0 Å². The van der Waals surface area contributed by atoms with E-state index in [1.54, 1.807) is 6.07 Å². The van der Waals surface area contributed by atoms with Gasteiger partial charge < -0.3 is 0 Å². The Morgan fingerprint density at radius 1 is 0.750 bits per heavy atom. The summed E-state index contributed by atoms with van der Waals surface area (Å²) in [6.45, 7) is 0. The first-order valence-corrected chi connectivity index (χ1v) is 6.67. The van der Waals surface area contributed by atoms with Crippen LogP contribution in [-0.2, 0) is 0 Å². The molecule has 0 spiro atoms. The lowest BCUT2D eigenvalue weighted by atomic mass is 10.00. The van der Waals surface area contributed by atoms with Crippen LogP contribution in [0.25, 0.3) is 22.5 Å². The van der Waals surface area contributed by atoms with E-state index in [0.29, 0.717) is 12.1 Å². The highest BCUT2D eigenvalue weighted by Gasteiger charge is 2.19. The zero-order chi connectivity index (χ0) is 17.3. The monoisotopic (exact) mass is 329 g/mol. The minimum atomic E-state index is -1.19. The van der Waals surface area contributed by atoms with Gasteiger partial charge in [-0.2, -0.15) is 5.26 Å². The van der Waals surface area contributed by atoms with Gasteiger partial charge in [0, 0.05) is 18.0 Å². The van der Waals surface area contributed by atoms with Gasteiger partial charge in [0.15, 0.2) is 5.82 Å². The summed E-state index contributed by atoms with van der Waals surface area (Å²) in [7, 11) is 0. The van der Waals surface area contributed by atoms with Crippen molar-refractivity contribution in [1.29, 1.82) is 5.26 Å². The Balaban J connectivity index is 2.16. The third-order valence-corrected chi connectivity index (χ3v) is 3.31. The average Bonchev–Trinajstić information content (AvgIpc) is 2.55. The number of nitrogens with zero attached hydrogens (tertiary/aromatic N) is 3. The Morgan fingerprint density at radius 2 is 1.25 bits per heavy atom. The quantitative estimate of drug-likeness (QED) is 0.661. The van der Waals surface area contributed by atoms with Crippen molar-refractivity contribution in [2.45, 2.75) is 0 Å². The smallest absolute Gasteiger partial charge is 0.159 e. The lowest BCUT2D eigenvalue weighted by Gasteiger charge is -2.09. The molecule has 3 nitrogen and oxygen atoms in total. The van der Waals surface area contributed by atoms with E-state index in [9.17, 15) is 17.6 Å².